The first-order chi connectivity index (χ1) is 17.3. The first-order valence-corrected chi connectivity index (χ1v) is 12.2. The highest BCUT2D eigenvalue weighted by Crippen LogP contribution is 2.44. The van der Waals surface area contributed by atoms with Gasteiger partial charge in [-0.25, -0.2) is 4.39 Å². The Kier molecular flexibility index (Phi) is 6.16. The van der Waals surface area contributed by atoms with Gasteiger partial charge in [0.25, 0.3) is 11.7 Å². The summed E-state index contributed by atoms with van der Waals surface area (Å²) in [4.78, 5) is 28.5. The van der Waals surface area contributed by atoms with E-state index in [-0.39, 0.29) is 16.9 Å². The van der Waals surface area contributed by atoms with E-state index < -0.39 is 23.5 Å². The molecule has 3 aromatic carbocycles. The van der Waals surface area contributed by atoms with Gasteiger partial charge in [-0.1, -0.05) is 18.2 Å². The van der Waals surface area contributed by atoms with Gasteiger partial charge < -0.3 is 9.84 Å². The van der Waals surface area contributed by atoms with E-state index in [1.165, 1.54) is 34.4 Å². The number of aryl methyl sites for hydroxylation is 2. The number of aliphatic hydroxyl groups is 1. The lowest BCUT2D eigenvalue weighted by Crippen LogP contribution is -2.29. The topological polar surface area (TPSA) is 66.8 Å². The molecular formula is C29H22FNO4S. The van der Waals surface area contributed by atoms with Gasteiger partial charge in [0.15, 0.2) is 0 Å². The van der Waals surface area contributed by atoms with Gasteiger partial charge in [0, 0.05) is 16.1 Å². The lowest BCUT2D eigenvalue weighted by atomic mass is 9.99. The second-order valence-corrected chi connectivity index (χ2v) is 9.54. The van der Waals surface area contributed by atoms with Crippen molar-refractivity contribution in [2.45, 2.75) is 19.9 Å². The number of benzene rings is 3. The Labute approximate surface area is 211 Å². The van der Waals surface area contributed by atoms with Crippen LogP contribution in [-0.4, -0.2) is 16.8 Å². The van der Waals surface area contributed by atoms with Crippen molar-refractivity contribution >= 4 is 34.5 Å². The molecule has 1 fully saturated rings. The first kappa shape index (κ1) is 23.5. The standard InChI is InChI=1S/C29H22FNO4S/c1-17-5-3-6-22(15-17)35-21-11-9-20(10-12-21)31-26(24-7-4-14-36-24)25(28(33)29(31)34)27(32)19-8-13-23(30)18(2)16-19/h3-16,26,32H,1-2H3/b27-25-. The molecule has 1 atom stereocenters. The van der Waals surface area contributed by atoms with Crippen molar-refractivity contribution in [2.75, 3.05) is 4.90 Å². The Morgan fingerprint density at radius 3 is 2.39 bits per heavy atom. The summed E-state index contributed by atoms with van der Waals surface area (Å²) in [6.07, 6.45) is 0. The average molecular weight is 500 g/mol. The van der Waals surface area contributed by atoms with E-state index in [2.05, 4.69) is 0 Å². The summed E-state index contributed by atoms with van der Waals surface area (Å²) in [5.41, 5.74) is 2.12. The number of hydrogen-bond donors (Lipinski definition) is 1. The number of carbonyl (C=O) groups excluding carboxylic acids is 2. The second-order valence-electron chi connectivity index (χ2n) is 8.56. The zero-order valence-corrected chi connectivity index (χ0v) is 20.4. The average Bonchev–Trinajstić information content (AvgIpc) is 3.48. The molecule has 0 radical (unpaired) electrons. The highest BCUT2D eigenvalue weighted by Gasteiger charge is 2.47. The largest absolute Gasteiger partial charge is 0.507 e. The molecule has 4 aromatic rings. The Morgan fingerprint density at radius 2 is 1.72 bits per heavy atom. The second kappa shape index (κ2) is 9.43. The van der Waals surface area contributed by atoms with Crippen molar-refractivity contribution in [2.24, 2.45) is 0 Å². The Balaban J connectivity index is 1.55. The van der Waals surface area contributed by atoms with E-state index in [0.29, 0.717) is 22.7 Å². The van der Waals surface area contributed by atoms with Crippen LogP contribution in [0.4, 0.5) is 10.1 Å². The molecule has 36 heavy (non-hydrogen) atoms. The summed E-state index contributed by atoms with van der Waals surface area (Å²) >= 11 is 1.37. The molecule has 1 N–H and O–H groups in total. The van der Waals surface area contributed by atoms with Crippen molar-refractivity contribution in [3.63, 3.8) is 0 Å². The molecule has 1 saturated heterocycles. The van der Waals surface area contributed by atoms with Crippen LogP contribution in [0.3, 0.4) is 0 Å². The molecule has 1 unspecified atom stereocenters. The van der Waals surface area contributed by atoms with Crippen LogP contribution in [0.25, 0.3) is 5.76 Å². The SMILES string of the molecule is Cc1cccc(Oc2ccc(N3C(=O)C(=O)/C(=C(\O)c4ccc(F)c(C)c4)C3c3cccs3)cc2)c1. The van der Waals surface area contributed by atoms with Crippen molar-refractivity contribution < 1.29 is 23.8 Å². The van der Waals surface area contributed by atoms with Gasteiger partial charge >= 0.3 is 0 Å². The minimum absolute atomic E-state index is 0.0338. The number of aliphatic hydroxyl groups excluding tert-OH is 1. The lowest BCUT2D eigenvalue weighted by molar-refractivity contribution is -0.132. The number of nitrogens with zero attached hydrogens (tertiary/aromatic N) is 1. The Hall–Kier alpha value is -4.23. The zero-order valence-electron chi connectivity index (χ0n) is 19.6. The number of halogens is 1. The summed E-state index contributed by atoms with van der Waals surface area (Å²) in [5, 5.41) is 13.0. The van der Waals surface area contributed by atoms with Crippen LogP contribution in [0, 0.1) is 19.7 Å². The maximum atomic E-state index is 13.8. The van der Waals surface area contributed by atoms with E-state index >= 15 is 0 Å². The van der Waals surface area contributed by atoms with Crippen molar-refractivity contribution in [3.8, 4) is 11.5 Å². The molecule has 0 saturated carbocycles. The van der Waals surface area contributed by atoms with E-state index in [1.54, 1.807) is 31.2 Å². The summed E-state index contributed by atoms with van der Waals surface area (Å²) < 4.78 is 19.7. The third kappa shape index (κ3) is 4.29. The molecule has 7 heteroatoms. The minimum atomic E-state index is -0.820. The fourth-order valence-corrected chi connectivity index (χ4v) is 5.08. The van der Waals surface area contributed by atoms with E-state index in [1.807, 2.05) is 48.7 Å². The molecule has 2 heterocycles. The zero-order chi connectivity index (χ0) is 25.4. The molecule has 1 amide bonds. The Morgan fingerprint density at radius 1 is 0.944 bits per heavy atom. The quantitative estimate of drug-likeness (QED) is 0.184. The first-order valence-electron chi connectivity index (χ1n) is 11.3. The smallest absolute Gasteiger partial charge is 0.300 e. The molecule has 0 bridgehead atoms. The van der Waals surface area contributed by atoms with Gasteiger partial charge in [-0.3, -0.25) is 14.5 Å². The Bertz CT molecular complexity index is 1490. The number of hydrogen-bond acceptors (Lipinski definition) is 5. The van der Waals surface area contributed by atoms with E-state index in [9.17, 15) is 19.1 Å². The molecular weight excluding hydrogens is 477 g/mol. The maximum Gasteiger partial charge on any atom is 0.300 e. The normalized spacial score (nSPS) is 17.0. The molecule has 0 aliphatic carbocycles. The fourth-order valence-electron chi connectivity index (χ4n) is 4.25. The van der Waals surface area contributed by atoms with E-state index in [4.69, 9.17) is 4.74 Å². The predicted molar refractivity (Wildman–Crippen MR) is 138 cm³/mol. The number of amides is 1. The van der Waals surface area contributed by atoms with Crippen molar-refractivity contribution in [1.82, 2.24) is 0 Å². The number of thiophene rings is 1. The molecule has 0 spiro atoms. The van der Waals surface area contributed by atoms with Gasteiger partial charge in [0.05, 0.1) is 5.57 Å². The van der Waals surface area contributed by atoms with Gasteiger partial charge in [0.1, 0.15) is 29.1 Å². The molecule has 1 aliphatic rings. The van der Waals surface area contributed by atoms with Gasteiger partial charge in [-0.2, -0.15) is 0 Å². The number of rotatable bonds is 5. The van der Waals surface area contributed by atoms with Crippen molar-refractivity contribution in [1.29, 1.82) is 0 Å². The van der Waals surface area contributed by atoms with Crippen LogP contribution in [0.1, 0.15) is 27.6 Å². The monoisotopic (exact) mass is 499 g/mol. The summed E-state index contributed by atoms with van der Waals surface area (Å²) in [6.45, 7) is 3.55. The minimum Gasteiger partial charge on any atom is -0.507 e. The van der Waals surface area contributed by atoms with Crippen LogP contribution in [0.5, 0.6) is 11.5 Å². The summed E-state index contributed by atoms with van der Waals surface area (Å²) in [7, 11) is 0. The lowest BCUT2D eigenvalue weighted by Gasteiger charge is -2.24. The van der Waals surface area contributed by atoms with Gasteiger partial charge in [0.2, 0.25) is 0 Å². The number of Topliss-reactive ketones (excluding diaryl/α,β-unsaturated/α-hetero) is 1. The highest BCUT2D eigenvalue weighted by molar-refractivity contribution is 7.10. The fraction of sp³-hybridized carbons (Fsp3) is 0.103. The van der Waals surface area contributed by atoms with E-state index in [0.717, 1.165) is 10.4 Å². The van der Waals surface area contributed by atoms with Crippen LogP contribution in [-0.2, 0) is 9.59 Å². The third-order valence-corrected chi connectivity index (χ3v) is 6.95. The molecule has 5 rings (SSSR count). The molecule has 1 aromatic heterocycles. The summed E-state index contributed by atoms with van der Waals surface area (Å²) in [6, 6.07) is 21.4. The number of ether oxygens (including phenoxy) is 1. The molecule has 180 valence electrons. The van der Waals surface area contributed by atoms with Crippen LogP contribution in [0.15, 0.2) is 89.8 Å². The summed E-state index contributed by atoms with van der Waals surface area (Å²) in [5.74, 6) is -1.03. The van der Waals surface area contributed by atoms with Gasteiger partial charge in [-0.05, 0) is 91.0 Å². The van der Waals surface area contributed by atoms with Gasteiger partial charge in [-0.15, -0.1) is 11.3 Å². The predicted octanol–water partition coefficient (Wildman–Crippen LogP) is 6.92. The molecule has 5 nitrogen and oxygen atoms in total. The highest BCUT2D eigenvalue weighted by atomic mass is 32.1. The number of anilines is 1. The maximum absolute atomic E-state index is 13.8. The van der Waals surface area contributed by atoms with Crippen LogP contribution in [0.2, 0.25) is 0 Å². The van der Waals surface area contributed by atoms with Crippen LogP contribution >= 0.6 is 11.3 Å². The number of carbonyl (C=O) groups is 2. The molecule has 1 aliphatic heterocycles. The third-order valence-electron chi connectivity index (χ3n) is 6.03. The number of ketones is 1. The van der Waals surface area contributed by atoms with Crippen LogP contribution < -0.4 is 9.64 Å². The van der Waals surface area contributed by atoms with Crippen molar-refractivity contribution in [3.05, 3.63) is 117 Å².